The highest BCUT2D eigenvalue weighted by Crippen LogP contribution is 2.22. The lowest BCUT2D eigenvalue weighted by Crippen LogP contribution is -2.01. The number of hydrogen-bond donors (Lipinski definition) is 1. The third kappa shape index (κ3) is 4.00. The van der Waals surface area contributed by atoms with Crippen LogP contribution in [0.3, 0.4) is 0 Å². The van der Waals surface area contributed by atoms with E-state index < -0.39 is 0 Å². The Kier molecular flexibility index (Phi) is 5.92. The Bertz CT molecular complexity index is 530. The van der Waals surface area contributed by atoms with Gasteiger partial charge in [-0.15, -0.1) is 11.3 Å². The molecule has 0 saturated carbocycles. The fourth-order valence-electron chi connectivity index (χ4n) is 2.05. The summed E-state index contributed by atoms with van der Waals surface area (Å²) >= 11 is 6.12. The molecule has 0 atom stereocenters. The molecule has 0 bridgehead atoms. The molecule has 0 N–H and O–H groups in total. The Morgan fingerprint density at radius 2 is 2.10 bits per heavy atom. The number of aryl methyl sites for hydroxylation is 2. The summed E-state index contributed by atoms with van der Waals surface area (Å²) < 4.78 is 5.82. The number of ether oxygens (including phenoxy) is 1. The van der Waals surface area contributed by atoms with Crippen molar-refractivity contribution in [1.82, 2.24) is 4.98 Å². The second kappa shape index (κ2) is 7.70. The van der Waals surface area contributed by atoms with Crippen LogP contribution in [-0.4, -0.2) is 11.6 Å². The van der Waals surface area contributed by atoms with Gasteiger partial charge in [-0.3, -0.25) is 0 Å². The number of aromatic nitrogens is 1. The Balaban J connectivity index is 1.90. The van der Waals surface area contributed by atoms with Crippen molar-refractivity contribution in [2.75, 3.05) is 6.61 Å². The molecule has 1 aromatic heterocycles. The zero-order valence-electron chi connectivity index (χ0n) is 12.1. The smallest absolute Gasteiger partial charge is 0.119 e. The molecule has 0 unspecified atom stereocenters. The molecule has 0 aliphatic rings. The first-order valence-corrected chi connectivity index (χ1v) is 8.51. The lowest BCUT2D eigenvalue weighted by atomic mass is 10.2. The van der Waals surface area contributed by atoms with E-state index >= 15 is 0 Å². The number of hydrogen-bond acceptors (Lipinski definition) is 4. The van der Waals surface area contributed by atoms with Crippen LogP contribution >= 0.6 is 24.0 Å². The minimum absolute atomic E-state index is 0.676. The predicted molar refractivity (Wildman–Crippen MR) is 89.2 cm³/mol. The minimum Gasteiger partial charge on any atom is -0.493 e. The number of rotatable bonds is 7. The predicted octanol–water partition coefficient (Wildman–Crippen LogP) is 4.32. The number of nitrogens with zero attached hydrogens (tertiary/aromatic N) is 1. The molecule has 108 valence electrons. The molecule has 0 aliphatic heterocycles. The third-order valence-corrected chi connectivity index (χ3v) is 4.88. The van der Waals surface area contributed by atoms with Gasteiger partial charge >= 0.3 is 0 Å². The van der Waals surface area contributed by atoms with Crippen molar-refractivity contribution in [2.45, 2.75) is 38.9 Å². The van der Waals surface area contributed by atoms with Crippen LogP contribution in [0.15, 0.2) is 24.3 Å². The highest BCUT2D eigenvalue weighted by atomic mass is 32.1. The van der Waals surface area contributed by atoms with Crippen molar-refractivity contribution >= 4 is 24.0 Å². The van der Waals surface area contributed by atoms with Crippen LogP contribution in [0.25, 0.3) is 0 Å². The summed E-state index contributed by atoms with van der Waals surface area (Å²) in [7, 11) is 0. The van der Waals surface area contributed by atoms with E-state index in [1.54, 1.807) is 11.3 Å². The van der Waals surface area contributed by atoms with Gasteiger partial charge in [-0.1, -0.05) is 26.0 Å². The Morgan fingerprint density at radius 3 is 2.75 bits per heavy atom. The first-order chi connectivity index (χ1) is 9.76. The van der Waals surface area contributed by atoms with Gasteiger partial charge in [0.25, 0.3) is 0 Å². The molecule has 4 heteroatoms. The average molecular weight is 307 g/mol. The second-order valence-electron chi connectivity index (χ2n) is 4.59. The maximum absolute atomic E-state index is 5.82. The summed E-state index contributed by atoms with van der Waals surface area (Å²) in [5.41, 5.74) is 2.50. The van der Waals surface area contributed by atoms with E-state index in [9.17, 15) is 0 Å². The van der Waals surface area contributed by atoms with Crippen molar-refractivity contribution in [2.24, 2.45) is 0 Å². The van der Waals surface area contributed by atoms with Crippen molar-refractivity contribution in [3.63, 3.8) is 0 Å². The normalized spacial score (nSPS) is 10.8. The first kappa shape index (κ1) is 15.4. The summed E-state index contributed by atoms with van der Waals surface area (Å²) in [6.45, 7) is 4.97. The van der Waals surface area contributed by atoms with E-state index in [0.29, 0.717) is 6.61 Å². The topological polar surface area (TPSA) is 22.1 Å². The van der Waals surface area contributed by atoms with E-state index in [1.165, 1.54) is 16.1 Å². The second-order valence-corrected chi connectivity index (χ2v) is 6.07. The van der Waals surface area contributed by atoms with Crippen molar-refractivity contribution in [1.29, 1.82) is 0 Å². The molecule has 0 spiro atoms. The summed E-state index contributed by atoms with van der Waals surface area (Å²) in [5.74, 6) is 1.73. The summed E-state index contributed by atoms with van der Waals surface area (Å²) in [6, 6.07) is 8.29. The summed E-state index contributed by atoms with van der Waals surface area (Å²) in [5, 5.41) is 1.15. The number of thiazole rings is 1. The Hall–Kier alpha value is -1.000. The fraction of sp³-hybridized carbons (Fsp3) is 0.438. The summed E-state index contributed by atoms with van der Waals surface area (Å²) in [6.07, 6.45) is 2.88. The molecule has 2 rings (SSSR count). The third-order valence-electron chi connectivity index (χ3n) is 3.19. The minimum atomic E-state index is 0.676. The fourth-order valence-corrected chi connectivity index (χ4v) is 3.43. The number of thiol groups is 1. The molecule has 0 amide bonds. The van der Waals surface area contributed by atoms with E-state index in [0.717, 1.165) is 35.8 Å². The largest absolute Gasteiger partial charge is 0.493 e. The molecule has 1 aromatic carbocycles. The molecule has 20 heavy (non-hydrogen) atoms. The van der Waals surface area contributed by atoms with Crippen LogP contribution in [-0.2, 0) is 25.0 Å². The van der Waals surface area contributed by atoms with Gasteiger partial charge in [0.2, 0.25) is 0 Å². The molecule has 2 nitrogen and oxygen atoms in total. The first-order valence-electron chi connectivity index (χ1n) is 7.06. The Morgan fingerprint density at radius 1 is 1.25 bits per heavy atom. The SMILES string of the molecule is CCc1cccc(OCCc2nc(CC)c(CS)s2)c1. The summed E-state index contributed by atoms with van der Waals surface area (Å²) in [4.78, 5) is 5.94. The monoisotopic (exact) mass is 307 g/mol. The molecular formula is C16H21NOS2. The maximum atomic E-state index is 5.82. The molecule has 0 aliphatic carbocycles. The van der Waals surface area contributed by atoms with Crippen LogP contribution in [0.4, 0.5) is 0 Å². The van der Waals surface area contributed by atoms with Gasteiger partial charge in [0.1, 0.15) is 5.75 Å². The van der Waals surface area contributed by atoms with Crippen LogP contribution in [0.1, 0.15) is 35.0 Å². The highest BCUT2D eigenvalue weighted by Gasteiger charge is 2.08. The van der Waals surface area contributed by atoms with Crippen LogP contribution in [0.2, 0.25) is 0 Å². The quantitative estimate of drug-likeness (QED) is 0.770. The van der Waals surface area contributed by atoms with Crippen LogP contribution in [0.5, 0.6) is 5.75 Å². The molecular weight excluding hydrogens is 286 g/mol. The lowest BCUT2D eigenvalue weighted by Gasteiger charge is -2.06. The maximum Gasteiger partial charge on any atom is 0.119 e. The van der Waals surface area contributed by atoms with E-state index in [-0.39, 0.29) is 0 Å². The molecule has 0 saturated heterocycles. The van der Waals surface area contributed by atoms with Gasteiger partial charge in [0.05, 0.1) is 17.3 Å². The van der Waals surface area contributed by atoms with E-state index in [1.807, 2.05) is 12.1 Å². The van der Waals surface area contributed by atoms with Crippen molar-refractivity contribution < 1.29 is 4.74 Å². The standard InChI is InChI=1S/C16H21NOS2/c1-3-12-6-5-7-13(10-12)18-9-8-16-17-14(4-2)15(11-19)20-16/h5-7,10,19H,3-4,8-9,11H2,1-2H3. The highest BCUT2D eigenvalue weighted by molar-refractivity contribution is 7.79. The van der Waals surface area contributed by atoms with Gasteiger partial charge in [-0.05, 0) is 30.5 Å². The van der Waals surface area contributed by atoms with Crippen LogP contribution in [0, 0.1) is 0 Å². The number of benzene rings is 1. The van der Waals surface area contributed by atoms with Gasteiger partial charge in [-0.2, -0.15) is 12.6 Å². The van der Waals surface area contributed by atoms with Crippen molar-refractivity contribution in [3.05, 3.63) is 45.4 Å². The Labute approximate surface area is 130 Å². The van der Waals surface area contributed by atoms with Crippen LogP contribution < -0.4 is 4.74 Å². The molecule has 0 radical (unpaired) electrons. The van der Waals surface area contributed by atoms with Crippen molar-refractivity contribution in [3.8, 4) is 5.75 Å². The molecule has 1 heterocycles. The van der Waals surface area contributed by atoms with E-state index in [4.69, 9.17) is 4.74 Å². The zero-order valence-corrected chi connectivity index (χ0v) is 13.8. The molecule has 2 aromatic rings. The zero-order chi connectivity index (χ0) is 14.4. The van der Waals surface area contributed by atoms with E-state index in [2.05, 4.69) is 43.6 Å². The lowest BCUT2D eigenvalue weighted by molar-refractivity contribution is 0.321. The van der Waals surface area contributed by atoms with Gasteiger partial charge in [0.15, 0.2) is 0 Å². The average Bonchev–Trinajstić information content (AvgIpc) is 2.90. The van der Waals surface area contributed by atoms with Gasteiger partial charge in [0, 0.05) is 17.1 Å². The molecule has 0 fully saturated rings. The van der Waals surface area contributed by atoms with Gasteiger partial charge in [-0.25, -0.2) is 4.98 Å². The van der Waals surface area contributed by atoms with Gasteiger partial charge < -0.3 is 4.74 Å².